The van der Waals surface area contributed by atoms with Gasteiger partial charge >= 0.3 is 0 Å². The molecule has 1 heterocycles. The second-order valence-corrected chi connectivity index (χ2v) is 5.93. The fourth-order valence-corrected chi connectivity index (χ4v) is 2.85. The van der Waals surface area contributed by atoms with Crippen molar-refractivity contribution < 1.29 is 13.5 Å². The van der Waals surface area contributed by atoms with E-state index in [1.807, 2.05) is 37.3 Å². The van der Waals surface area contributed by atoms with Crippen LogP contribution >= 0.6 is 0 Å². The van der Waals surface area contributed by atoms with Gasteiger partial charge in [0.1, 0.15) is 17.3 Å². The number of halogens is 2. The first kappa shape index (κ1) is 16.1. The topological polar surface area (TPSA) is 35.0 Å². The second-order valence-electron chi connectivity index (χ2n) is 5.93. The quantitative estimate of drug-likeness (QED) is 0.478. The summed E-state index contributed by atoms with van der Waals surface area (Å²) in [5.74, 6) is -0.997. The Morgan fingerprint density at radius 2 is 1.77 bits per heavy atom. The van der Waals surface area contributed by atoms with Gasteiger partial charge in [-0.15, -0.1) is 5.10 Å². The van der Waals surface area contributed by atoms with E-state index in [2.05, 4.69) is 10.2 Å². The molecule has 0 atom stereocenters. The zero-order chi connectivity index (χ0) is 18.1. The first-order valence-corrected chi connectivity index (χ1v) is 8.06. The summed E-state index contributed by atoms with van der Waals surface area (Å²) in [6, 6.07) is 16.5. The molecule has 0 bridgehead atoms. The molecule has 0 aliphatic rings. The summed E-state index contributed by atoms with van der Waals surface area (Å²) in [6.07, 6.45) is 1.63. The molecule has 4 rings (SSSR count). The van der Waals surface area contributed by atoms with Crippen molar-refractivity contribution >= 4 is 10.8 Å². The average Bonchev–Trinajstić information content (AvgIpc) is 2.64. The van der Waals surface area contributed by atoms with Crippen LogP contribution in [0.25, 0.3) is 22.0 Å². The Morgan fingerprint density at radius 3 is 2.58 bits per heavy atom. The van der Waals surface area contributed by atoms with Crippen molar-refractivity contribution in [2.24, 2.45) is 0 Å². The molecule has 3 aromatic carbocycles. The van der Waals surface area contributed by atoms with E-state index < -0.39 is 11.6 Å². The van der Waals surface area contributed by atoms with E-state index in [-0.39, 0.29) is 5.75 Å². The van der Waals surface area contributed by atoms with Crippen LogP contribution in [0.4, 0.5) is 8.78 Å². The Bertz CT molecular complexity index is 1110. The maximum absolute atomic E-state index is 13.8. The van der Waals surface area contributed by atoms with E-state index in [9.17, 15) is 8.78 Å². The van der Waals surface area contributed by atoms with Crippen LogP contribution in [0.15, 0.2) is 66.9 Å². The van der Waals surface area contributed by atoms with E-state index >= 15 is 0 Å². The van der Waals surface area contributed by atoms with Gasteiger partial charge in [-0.25, -0.2) is 8.78 Å². The molecule has 5 heteroatoms. The average molecular weight is 348 g/mol. The van der Waals surface area contributed by atoms with Gasteiger partial charge in [0, 0.05) is 22.4 Å². The van der Waals surface area contributed by atoms with Crippen LogP contribution in [0.5, 0.6) is 11.5 Å². The Morgan fingerprint density at radius 1 is 0.923 bits per heavy atom. The third kappa shape index (κ3) is 2.99. The molecule has 0 radical (unpaired) electrons. The van der Waals surface area contributed by atoms with Gasteiger partial charge in [-0.1, -0.05) is 24.3 Å². The largest absolute Gasteiger partial charge is 0.454 e. The summed E-state index contributed by atoms with van der Waals surface area (Å²) in [7, 11) is 0. The molecule has 4 aromatic rings. The van der Waals surface area contributed by atoms with Gasteiger partial charge in [-0.3, -0.25) is 0 Å². The summed E-state index contributed by atoms with van der Waals surface area (Å²) in [4.78, 5) is 0. The van der Waals surface area contributed by atoms with Gasteiger partial charge < -0.3 is 4.74 Å². The van der Waals surface area contributed by atoms with E-state index in [1.54, 1.807) is 18.3 Å². The summed E-state index contributed by atoms with van der Waals surface area (Å²) in [5.41, 5.74) is 2.88. The van der Waals surface area contributed by atoms with Crippen molar-refractivity contribution in [3.8, 4) is 22.8 Å². The molecular weight excluding hydrogens is 334 g/mol. The number of aromatic nitrogens is 2. The van der Waals surface area contributed by atoms with Crippen molar-refractivity contribution in [2.75, 3.05) is 0 Å². The Hall–Kier alpha value is -3.34. The van der Waals surface area contributed by atoms with Crippen LogP contribution < -0.4 is 4.74 Å². The zero-order valence-electron chi connectivity index (χ0n) is 13.9. The highest BCUT2D eigenvalue weighted by Gasteiger charge is 2.11. The fourth-order valence-electron chi connectivity index (χ4n) is 2.85. The number of ether oxygens (including phenoxy) is 1. The molecule has 0 saturated heterocycles. The van der Waals surface area contributed by atoms with E-state index in [4.69, 9.17) is 4.74 Å². The first-order chi connectivity index (χ1) is 12.6. The maximum atomic E-state index is 13.8. The van der Waals surface area contributed by atoms with Crippen LogP contribution in [-0.2, 0) is 0 Å². The minimum Gasteiger partial charge on any atom is -0.454 e. The van der Waals surface area contributed by atoms with Gasteiger partial charge in [0.25, 0.3) is 0 Å². The smallest absolute Gasteiger partial charge is 0.168 e. The van der Waals surface area contributed by atoms with Gasteiger partial charge in [-0.05, 0) is 42.8 Å². The van der Waals surface area contributed by atoms with Crippen LogP contribution in [-0.4, -0.2) is 10.2 Å². The lowest BCUT2D eigenvalue weighted by Crippen LogP contribution is -1.93. The highest BCUT2D eigenvalue weighted by Crippen LogP contribution is 2.32. The SMILES string of the molecule is Cc1ccccc1-c1nncc2cc(Oc3ccc(F)cc3F)ccc12. The molecule has 26 heavy (non-hydrogen) atoms. The van der Waals surface area contributed by atoms with Gasteiger partial charge in [0.15, 0.2) is 11.6 Å². The number of hydrogen-bond donors (Lipinski definition) is 0. The normalized spacial score (nSPS) is 10.9. The second kappa shape index (κ2) is 6.52. The molecule has 128 valence electrons. The lowest BCUT2D eigenvalue weighted by atomic mass is 10.0. The van der Waals surface area contributed by atoms with Crippen molar-refractivity contribution in [3.63, 3.8) is 0 Å². The van der Waals surface area contributed by atoms with Crippen LogP contribution in [0.3, 0.4) is 0 Å². The summed E-state index contributed by atoms with van der Waals surface area (Å²) in [5, 5.41) is 10.1. The highest BCUT2D eigenvalue weighted by atomic mass is 19.1. The minimum atomic E-state index is -0.751. The molecular formula is C21H14F2N2O. The summed E-state index contributed by atoms with van der Waals surface area (Å²) < 4.78 is 32.4. The number of hydrogen-bond acceptors (Lipinski definition) is 3. The number of benzene rings is 3. The third-order valence-corrected chi connectivity index (χ3v) is 4.15. The molecule has 1 aromatic heterocycles. The predicted molar refractivity (Wildman–Crippen MR) is 96.1 cm³/mol. The van der Waals surface area contributed by atoms with Gasteiger partial charge in [-0.2, -0.15) is 5.10 Å². The molecule has 3 nitrogen and oxygen atoms in total. The zero-order valence-corrected chi connectivity index (χ0v) is 13.9. The summed E-state index contributed by atoms with van der Waals surface area (Å²) >= 11 is 0. The van der Waals surface area contributed by atoms with Crippen LogP contribution in [0.1, 0.15) is 5.56 Å². The number of nitrogens with zero attached hydrogens (tertiary/aromatic N) is 2. The number of fused-ring (bicyclic) bond motifs is 1. The number of aryl methyl sites for hydroxylation is 1. The van der Waals surface area contributed by atoms with Gasteiger partial charge in [0.05, 0.1) is 6.20 Å². The van der Waals surface area contributed by atoms with Crippen molar-refractivity contribution in [1.82, 2.24) is 10.2 Å². The van der Waals surface area contributed by atoms with E-state index in [1.165, 1.54) is 6.07 Å². The molecule has 0 amide bonds. The van der Waals surface area contributed by atoms with Crippen molar-refractivity contribution in [2.45, 2.75) is 6.92 Å². The Labute approximate surface area is 148 Å². The predicted octanol–water partition coefficient (Wildman–Crippen LogP) is 5.68. The van der Waals surface area contributed by atoms with Crippen molar-refractivity contribution in [1.29, 1.82) is 0 Å². The third-order valence-electron chi connectivity index (χ3n) is 4.15. The van der Waals surface area contributed by atoms with Gasteiger partial charge in [0.2, 0.25) is 0 Å². The Kier molecular flexibility index (Phi) is 4.05. The molecule has 0 aliphatic carbocycles. The summed E-state index contributed by atoms with van der Waals surface area (Å²) in [6.45, 7) is 2.02. The minimum absolute atomic E-state index is 0.0353. The van der Waals surface area contributed by atoms with Crippen molar-refractivity contribution in [3.05, 3.63) is 84.1 Å². The molecule has 0 saturated carbocycles. The number of rotatable bonds is 3. The lowest BCUT2D eigenvalue weighted by molar-refractivity contribution is 0.438. The monoisotopic (exact) mass is 348 g/mol. The molecule has 0 N–H and O–H groups in total. The molecule has 0 aliphatic heterocycles. The first-order valence-electron chi connectivity index (χ1n) is 8.06. The fraction of sp³-hybridized carbons (Fsp3) is 0.0476. The maximum Gasteiger partial charge on any atom is 0.168 e. The van der Waals surface area contributed by atoms with E-state index in [0.29, 0.717) is 5.75 Å². The lowest BCUT2D eigenvalue weighted by Gasteiger charge is -2.10. The van der Waals surface area contributed by atoms with Crippen LogP contribution in [0.2, 0.25) is 0 Å². The Balaban J connectivity index is 1.76. The molecule has 0 unspecified atom stereocenters. The standard InChI is InChI=1S/C21H14F2N2O/c1-13-4-2-3-5-17(13)21-18-8-7-16(10-14(18)12-24-25-21)26-20-9-6-15(22)11-19(20)23/h2-12H,1H3. The van der Waals surface area contributed by atoms with Crippen LogP contribution in [0, 0.1) is 18.6 Å². The molecule has 0 fully saturated rings. The highest BCUT2D eigenvalue weighted by molar-refractivity contribution is 5.95. The molecule has 0 spiro atoms. The van der Waals surface area contributed by atoms with E-state index in [0.717, 1.165) is 39.7 Å².